The largest absolute Gasteiger partial charge is 0.495 e. The highest BCUT2D eigenvalue weighted by atomic mass is 32.2. The predicted molar refractivity (Wildman–Crippen MR) is 79.8 cm³/mol. The van der Waals surface area contributed by atoms with Gasteiger partial charge in [0.1, 0.15) is 10.6 Å². The quantitative estimate of drug-likeness (QED) is 0.837. The van der Waals surface area contributed by atoms with E-state index in [1.165, 1.54) is 30.6 Å². The number of nitrogens with one attached hydrogen (secondary N) is 1. The smallest absolute Gasteiger partial charge is 0.244 e. The number of aryl methyl sites for hydroxylation is 1. The van der Waals surface area contributed by atoms with Gasteiger partial charge in [0, 0.05) is 11.4 Å². The van der Waals surface area contributed by atoms with E-state index < -0.39 is 10.0 Å². The van der Waals surface area contributed by atoms with E-state index >= 15 is 0 Å². The Kier molecular flexibility index (Phi) is 4.94. The summed E-state index contributed by atoms with van der Waals surface area (Å²) in [6, 6.07) is 4.55. The molecule has 0 radical (unpaired) electrons. The highest BCUT2D eigenvalue weighted by molar-refractivity contribution is 7.89. The number of rotatable bonds is 6. The Morgan fingerprint density at radius 1 is 1.43 bits per heavy atom. The van der Waals surface area contributed by atoms with Gasteiger partial charge in [0.15, 0.2) is 0 Å². The van der Waals surface area contributed by atoms with E-state index in [1.807, 2.05) is 6.92 Å². The van der Waals surface area contributed by atoms with Gasteiger partial charge in [-0.3, -0.25) is 0 Å². The molecule has 1 aromatic carbocycles. The second-order valence-corrected chi connectivity index (χ2v) is 7.00. The molecule has 1 heterocycles. The summed E-state index contributed by atoms with van der Waals surface area (Å²) in [7, 11) is -2.33. The molecule has 21 heavy (non-hydrogen) atoms. The van der Waals surface area contributed by atoms with Crippen LogP contribution in [-0.2, 0) is 23.2 Å². The monoisotopic (exact) mass is 328 g/mol. The molecule has 0 aliphatic carbocycles. The van der Waals surface area contributed by atoms with Crippen molar-refractivity contribution in [3.05, 3.63) is 39.8 Å². The third kappa shape index (κ3) is 3.59. The van der Waals surface area contributed by atoms with Crippen LogP contribution in [-0.4, -0.2) is 25.6 Å². The molecule has 1 aromatic heterocycles. The topological polar surface area (TPSA) is 88.5 Å². The van der Waals surface area contributed by atoms with Gasteiger partial charge in [-0.2, -0.15) is 0 Å². The summed E-state index contributed by atoms with van der Waals surface area (Å²) < 4.78 is 32.4. The van der Waals surface area contributed by atoms with E-state index in [9.17, 15) is 8.42 Å². The predicted octanol–water partition coefficient (Wildman–Crippen LogP) is 1.43. The number of ether oxygens (including phenoxy) is 1. The van der Waals surface area contributed by atoms with Crippen molar-refractivity contribution in [2.24, 2.45) is 0 Å². The fraction of sp³-hybridized carbons (Fsp3) is 0.308. The Morgan fingerprint density at radius 2 is 2.19 bits per heavy atom. The third-order valence-corrected chi connectivity index (χ3v) is 5.33. The average molecular weight is 328 g/mol. The van der Waals surface area contributed by atoms with Crippen molar-refractivity contribution >= 4 is 21.4 Å². The zero-order valence-electron chi connectivity index (χ0n) is 11.7. The molecule has 8 heteroatoms. The van der Waals surface area contributed by atoms with E-state index in [-0.39, 0.29) is 23.8 Å². The van der Waals surface area contributed by atoms with Crippen LogP contribution in [0.5, 0.6) is 5.75 Å². The lowest BCUT2D eigenvalue weighted by molar-refractivity contribution is 0.281. The van der Waals surface area contributed by atoms with Gasteiger partial charge >= 0.3 is 0 Å². The first-order valence-corrected chi connectivity index (χ1v) is 8.50. The van der Waals surface area contributed by atoms with Crippen LogP contribution in [0.3, 0.4) is 0 Å². The summed E-state index contributed by atoms with van der Waals surface area (Å²) in [4.78, 5) is 4.95. The second-order valence-electron chi connectivity index (χ2n) is 4.33. The van der Waals surface area contributed by atoms with E-state index in [0.717, 1.165) is 10.6 Å². The number of nitrogens with zero attached hydrogens (tertiary/aromatic N) is 1. The van der Waals surface area contributed by atoms with Crippen molar-refractivity contribution < 1.29 is 18.3 Å². The molecule has 0 saturated carbocycles. The third-order valence-electron chi connectivity index (χ3n) is 2.97. The SMILES string of the molecule is COc1ccc(CO)cc1S(=O)(=O)NCc1scnc1C. The molecule has 0 atom stereocenters. The molecular weight excluding hydrogens is 312 g/mol. The van der Waals surface area contributed by atoms with Crippen molar-refractivity contribution in [3.8, 4) is 5.75 Å². The van der Waals surface area contributed by atoms with Crippen molar-refractivity contribution in [1.82, 2.24) is 9.71 Å². The number of hydrogen-bond acceptors (Lipinski definition) is 6. The zero-order chi connectivity index (χ0) is 15.5. The number of methoxy groups -OCH3 is 1. The first-order valence-electron chi connectivity index (χ1n) is 6.14. The van der Waals surface area contributed by atoms with E-state index in [2.05, 4.69) is 9.71 Å². The Hall–Kier alpha value is -1.48. The molecule has 6 nitrogen and oxygen atoms in total. The van der Waals surface area contributed by atoms with Crippen LogP contribution < -0.4 is 9.46 Å². The van der Waals surface area contributed by atoms with Crippen LogP contribution in [0.15, 0.2) is 28.6 Å². The Morgan fingerprint density at radius 3 is 2.76 bits per heavy atom. The standard InChI is InChI=1S/C13H16N2O4S2/c1-9-12(20-8-14-9)6-15-21(17,18)13-5-10(7-16)3-4-11(13)19-2/h3-5,8,15-16H,6-7H2,1-2H3. The van der Waals surface area contributed by atoms with Gasteiger partial charge in [-0.1, -0.05) is 6.07 Å². The molecule has 0 saturated heterocycles. The van der Waals surface area contributed by atoms with Crippen LogP contribution in [0.1, 0.15) is 16.1 Å². The van der Waals surface area contributed by atoms with Gasteiger partial charge in [-0.15, -0.1) is 11.3 Å². The highest BCUT2D eigenvalue weighted by Gasteiger charge is 2.20. The van der Waals surface area contributed by atoms with E-state index in [0.29, 0.717) is 5.56 Å². The van der Waals surface area contributed by atoms with Crippen molar-refractivity contribution in [3.63, 3.8) is 0 Å². The molecule has 0 bridgehead atoms. The number of hydrogen-bond donors (Lipinski definition) is 2. The van der Waals surface area contributed by atoms with Crippen LogP contribution in [0.4, 0.5) is 0 Å². The lowest BCUT2D eigenvalue weighted by Gasteiger charge is -2.11. The molecule has 0 aliphatic rings. The van der Waals surface area contributed by atoms with Gasteiger partial charge in [-0.05, 0) is 24.6 Å². The van der Waals surface area contributed by atoms with Crippen molar-refractivity contribution in [2.45, 2.75) is 25.0 Å². The van der Waals surface area contributed by atoms with Crippen LogP contribution in [0.25, 0.3) is 0 Å². The zero-order valence-corrected chi connectivity index (χ0v) is 13.3. The number of aliphatic hydroxyl groups excluding tert-OH is 1. The van der Waals surface area contributed by atoms with Crippen LogP contribution >= 0.6 is 11.3 Å². The molecule has 114 valence electrons. The summed E-state index contributed by atoms with van der Waals surface area (Å²) in [5.74, 6) is 0.237. The van der Waals surface area contributed by atoms with Gasteiger partial charge in [-0.25, -0.2) is 18.1 Å². The number of aromatic nitrogens is 1. The van der Waals surface area contributed by atoms with E-state index in [1.54, 1.807) is 11.6 Å². The molecule has 0 fully saturated rings. The number of sulfonamides is 1. The fourth-order valence-corrected chi connectivity index (χ4v) is 3.78. The lowest BCUT2D eigenvalue weighted by Crippen LogP contribution is -2.23. The minimum absolute atomic E-state index is 0.0127. The summed E-state index contributed by atoms with van der Waals surface area (Å²) in [5.41, 5.74) is 2.98. The molecule has 2 rings (SSSR count). The summed E-state index contributed by atoms with van der Waals surface area (Å²) in [6.45, 7) is 1.76. The summed E-state index contributed by atoms with van der Waals surface area (Å²) in [5, 5.41) is 9.15. The van der Waals surface area contributed by atoms with Gasteiger partial charge < -0.3 is 9.84 Å². The second kappa shape index (κ2) is 6.52. The van der Waals surface area contributed by atoms with Gasteiger partial charge in [0.05, 0.1) is 24.9 Å². The van der Waals surface area contributed by atoms with Crippen LogP contribution in [0.2, 0.25) is 0 Å². The average Bonchev–Trinajstić information content (AvgIpc) is 2.90. The van der Waals surface area contributed by atoms with Gasteiger partial charge in [0.25, 0.3) is 0 Å². The maximum Gasteiger partial charge on any atom is 0.244 e. The fourth-order valence-electron chi connectivity index (χ4n) is 1.76. The maximum absolute atomic E-state index is 12.4. The summed E-state index contributed by atoms with van der Waals surface area (Å²) in [6.07, 6.45) is 0. The Balaban J connectivity index is 2.28. The van der Waals surface area contributed by atoms with E-state index in [4.69, 9.17) is 9.84 Å². The van der Waals surface area contributed by atoms with Crippen LogP contribution in [0, 0.1) is 6.92 Å². The molecule has 0 aliphatic heterocycles. The molecular formula is C13H16N2O4S2. The number of benzene rings is 1. The first kappa shape index (κ1) is 15.9. The lowest BCUT2D eigenvalue weighted by atomic mass is 10.2. The normalized spacial score (nSPS) is 11.6. The molecule has 0 spiro atoms. The maximum atomic E-state index is 12.4. The van der Waals surface area contributed by atoms with Gasteiger partial charge in [0.2, 0.25) is 10.0 Å². The van der Waals surface area contributed by atoms with Crippen molar-refractivity contribution in [1.29, 1.82) is 0 Å². The molecule has 2 aromatic rings. The first-order chi connectivity index (χ1) is 9.97. The summed E-state index contributed by atoms with van der Waals surface area (Å²) >= 11 is 1.39. The Bertz CT molecular complexity index is 726. The molecule has 0 unspecified atom stereocenters. The highest BCUT2D eigenvalue weighted by Crippen LogP contribution is 2.25. The minimum Gasteiger partial charge on any atom is -0.495 e. The molecule has 0 amide bonds. The Labute approximate surface area is 127 Å². The molecule has 2 N–H and O–H groups in total. The minimum atomic E-state index is -3.74. The number of thiazole rings is 1. The number of aliphatic hydroxyl groups is 1. The van der Waals surface area contributed by atoms with Crippen molar-refractivity contribution in [2.75, 3.05) is 7.11 Å².